The molecule has 2 rings (SSSR count). The van der Waals surface area contributed by atoms with E-state index in [4.69, 9.17) is 0 Å². The van der Waals surface area contributed by atoms with Gasteiger partial charge in [0, 0.05) is 22.9 Å². The van der Waals surface area contributed by atoms with E-state index < -0.39 is 0 Å². The summed E-state index contributed by atoms with van der Waals surface area (Å²) >= 11 is 3.44. The van der Waals surface area contributed by atoms with Gasteiger partial charge in [-0.2, -0.15) is 0 Å². The molecule has 0 saturated heterocycles. The van der Waals surface area contributed by atoms with Crippen LogP contribution in [0, 0.1) is 13.8 Å². The highest BCUT2D eigenvalue weighted by Crippen LogP contribution is 2.25. The third kappa shape index (κ3) is 5.08. The molecule has 0 atom stereocenters. The summed E-state index contributed by atoms with van der Waals surface area (Å²) in [5.74, 6) is -0.229. The van der Waals surface area contributed by atoms with Gasteiger partial charge in [0.2, 0.25) is 5.91 Å². The molecule has 0 aromatic heterocycles. The van der Waals surface area contributed by atoms with Crippen LogP contribution in [0.2, 0.25) is 0 Å². The van der Waals surface area contributed by atoms with Crippen molar-refractivity contribution in [2.75, 3.05) is 24.2 Å². The molecule has 0 spiro atoms. The minimum atomic E-state index is -0.322. The van der Waals surface area contributed by atoms with Crippen molar-refractivity contribution in [1.29, 1.82) is 0 Å². The van der Waals surface area contributed by atoms with Gasteiger partial charge in [0.15, 0.2) is 0 Å². The van der Waals surface area contributed by atoms with Crippen LogP contribution in [0.25, 0.3) is 0 Å². The zero-order valence-electron chi connectivity index (χ0n) is 15.5. The predicted molar refractivity (Wildman–Crippen MR) is 110 cm³/mol. The van der Waals surface area contributed by atoms with Gasteiger partial charge in [-0.05, 0) is 55.2 Å². The molecule has 0 aliphatic rings. The van der Waals surface area contributed by atoms with Crippen LogP contribution < -0.4 is 10.6 Å². The van der Waals surface area contributed by atoms with E-state index in [9.17, 15) is 9.59 Å². The highest BCUT2D eigenvalue weighted by Gasteiger charge is 2.16. The fourth-order valence-corrected chi connectivity index (χ4v) is 3.42. The van der Waals surface area contributed by atoms with Crippen LogP contribution in [-0.4, -0.2) is 30.4 Å². The maximum absolute atomic E-state index is 12.4. The smallest absolute Gasteiger partial charge is 0.322 e. The van der Waals surface area contributed by atoms with Crippen LogP contribution in [0.1, 0.15) is 23.6 Å². The van der Waals surface area contributed by atoms with E-state index in [1.165, 1.54) is 4.90 Å². The average molecular weight is 418 g/mol. The van der Waals surface area contributed by atoms with Gasteiger partial charge in [0.25, 0.3) is 0 Å². The molecule has 0 aliphatic heterocycles. The van der Waals surface area contributed by atoms with E-state index in [-0.39, 0.29) is 18.5 Å². The van der Waals surface area contributed by atoms with E-state index in [1.54, 1.807) is 7.05 Å². The summed E-state index contributed by atoms with van der Waals surface area (Å²) in [5, 5.41) is 5.76. The van der Waals surface area contributed by atoms with Crippen molar-refractivity contribution in [1.82, 2.24) is 4.90 Å². The zero-order chi connectivity index (χ0) is 19.3. The summed E-state index contributed by atoms with van der Waals surface area (Å²) in [6, 6.07) is 11.2. The number of halogens is 1. The third-order valence-electron chi connectivity index (χ3n) is 4.13. The monoisotopic (exact) mass is 417 g/mol. The van der Waals surface area contributed by atoms with Gasteiger partial charge in [-0.25, -0.2) is 4.79 Å². The second-order valence-corrected chi connectivity index (χ2v) is 7.18. The first-order chi connectivity index (χ1) is 12.3. The van der Waals surface area contributed by atoms with Crippen LogP contribution in [0.5, 0.6) is 0 Å². The van der Waals surface area contributed by atoms with Gasteiger partial charge in [0.05, 0.1) is 0 Å². The van der Waals surface area contributed by atoms with Gasteiger partial charge in [0.1, 0.15) is 6.54 Å². The van der Waals surface area contributed by atoms with Gasteiger partial charge in [-0.3, -0.25) is 4.79 Å². The molecule has 0 aliphatic carbocycles. The first-order valence-corrected chi connectivity index (χ1v) is 9.27. The number of carbonyl (C=O) groups excluding carboxylic acids is 2. The molecule has 138 valence electrons. The van der Waals surface area contributed by atoms with Crippen molar-refractivity contribution in [3.05, 3.63) is 57.6 Å². The number of hydrogen-bond acceptors (Lipinski definition) is 2. The first kappa shape index (κ1) is 20.0. The molecular formula is C20H24BrN3O2. The molecule has 2 aromatic rings. The molecular weight excluding hydrogens is 394 g/mol. The molecule has 3 amide bonds. The average Bonchev–Trinajstić information content (AvgIpc) is 2.58. The molecule has 0 radical (unpaired) electrons. The van der Waals surface area contributed by atoms with Crippen molar-refractivity contribution in [2.24, 2.45) is 0 Å². The third-order valence-corrected chi connectivity index (χ3v) is 4.59. The number of urea groups is 1. The Balaban J connectivity index is 2.00. The Hall–Kier alpha value is -2.34. The summed E-state index contributed by atoms with van der Waals surface area (Å²) in [6.07, 6.45) is 0.828. The van der Waals surface area contributed by atoms with E-state index in [0.29, 0.717) is 0 Å². The lowest BCUT2D eigenvalue weighted by molar-refractivity contribution is -0.116. The molecule has 2 aromatic carbocycles. The minimum Gasteiger partial charge on any atom is -0.324 e. The van der Waals surface area contributed by atoms with E-state index >= 15 is 0 Å². The second-order valence-electron chi connectivity index (χ2n) is 6.26. The molecule has 0 heterocycles. The van der Waals surface area contributed by atoms with Gasteiger partial charge >= 0.3 is 6.03 Å². The predicted octanol–water partition coefficient (Wildman–Crippen LogP) is 4.73. The lowest BCUT2D eigenvalue weighted by Crippen LogP contribution is -2.38. The number of nitrogens with one attached hydrogen (secondary N) is 2. The highest BCUT2D eigenvalue weighted by molar-refractivity contribution is 9.10. The summed E-state index contributed by atoms with van der Waals surface area (Å²) in [7, 11) is 1.60. The number of amides is 3. The standard InChI is InChI=1S/C20H24BrN3O2/c1-5-15-8-6-7-9-17(15)22-18(25)12-24(4)20(26)23-19-13(2)10-16(21)11-14(19)3/h6-11H,5,12H2,1-4H3,(H,22,25)(H,23,26). The molecule has 2 N–H and O–H groups in total. The van der Waals surface area contributed by atoms with E-state index in [0.717, 1.165) is 39.0 Å². The molecule has 6 heteroatoms. The number of likely N-dealkylation sites (N-methyl/N-ethyl adjacent to an activating group) is 1. The summed E-state index contributed by atoms with van der Waals surface area (Å²) in [6.45, 7) is 5.87. The first-order valence-electron chi connectivity index (χ1n) is 8.48. The van der Waals surface area contributed by atoms with Crippen LogP contribution in [0.3, 0.4) is 0 Å². The SMILES string of the molecule is CCc1ccccc1NC(=O)CN(C)C(=O)Nc1c(C)cc(Br)cc1C. The van der Waals surface area contributed by atoms with Gasteiger partial charge < -0.3 is 15.5 Å². The van der Waals surface area contributed by atoms with Crippen LogP contribution in [0.15, 0.2) is 40.9 Å². The normalized spacial score (nSPS) is 10.3. The minimum absolute atomic E-state index is 0.0293. The Morgan fingerprint density at radius 2 is 1.69 bits per heavy atom. The Morgan fingerprint density at radius 1 is 1.08 bits per heavy atom. The Morgan fingerprint density at radius 3 is 2.31 bits per heavy atom. The van der Waals surface area contributed by atoms with Crippen LogP contribution in [-0.2, 0) is 11.2 Å². The number of rotatable bonds is 5. The van der Waals surface area contributed by atoms with E-state index in [2.05, 4.69) is 26.6 Å². The Bertz CT molecular complexity index is 797. The van der Waals surface area contributed by atoms with Crippen molar-refractivity contribution in [3.8, 4) is 0 Å². The van der Waals surface area contributed by atoms with Crippen molar-refractivity contribution < 1.29 is 9.59 Å². The fraction of sp³-hybridized carbons (Fsp3) is 0.300. The largest absolute Gasteiger partial charge is 0.324 e. The lowest BCUT2D eigenvalue weighted by Gasteiger charge is -2.20. The number of nitrogens with zero attached hydrogens (tertiary/aromatic N) is 1. The number of carbonyl (C=O) groups is 2. The topological polar surface area (TPSA) is 61.4 Å². The van der Waals surface area contributed by atoms with Crippen molar-refractivity contribution in [2.45, 2.75) is 27.2 Å². The number of aryl methyl sites for hydroxylation is 3. The number of anilines is 2. The number of para-hydroxylation sites is 1. The summed E-state index contributed by atoms with van der Waals surface area (Å²) < 4.78 is 0.966. The molecule has 0 unspecified atom stereocenters. The Labute approximate surface area is 162 Å². The lowest BCUT2D eigenvalue weighted by atomic mass is 10.1. The molecule has 0 fully saturated rings. The summed E-state index contributed by atoms with van der Waals surface area (Å²) in [5.41, 5.74) is 4.53. The fourth-order valence-electron chi connectivity index (χ4n) is 2.74. The maximum Gasteiger partial charge on any atom is 0.322 e. The van der Waals surface area contributed by atoms with Gasteiger partial charge in [-0.15, -0.1) is 0 Å². The molecule has 5 nitrogen and oxygen atoms in total. The van der Waals surface area contributed by atoms with Crippen molar-refractivity contribution in [3.63, 3.8) is 0 Å². The van der Waals surface area contributed by atoms with Gasteiger partial charge in [-0.1, -0.05) is 41.1 Å². The number of hydrogen-bond donors (Lipinski definition) is 2. The second kappa shape index (κ2) is 8.85. The molecule has 26 heavy (non-hydrogen) atoms. The van der Waals surface area contributed by atoms with Crippen LogP contribution in [0.4, 0.5) is 16.2 Å². The maximum atomic E-state index is 12.4. The molecule has 0 saturated carbocycles. The van der Waals surface area contributed by atoms with Crippen LogP contribution >= 0.6 is 15.9 Å². The van der Waals surface area contributed by atoms with E-state index in [1.807, 2.05) is 57.2 Å². The van der Waals surface area contributed by atoms with Crippen molar-refractivity contribution >= 4 is 39.2 Å². The number of benzene rings is 2. The molecule has 0 bridgehead atoms. The quantitative estimate of drug-likeness (QED) is 0.738. The summed E-state index contributed by atoms with van der Waals surface area (Å²) in [4.78, 5) is 26.1. The highest BCUT2D eigenvalue weighted by atomic mass is 79.9. The zero-order valence-corrected chi connectivity index (χ0v) is 17.1. The Kier molecular flexibility index (Phi) is 6.80.